The van der Waals surface area contributed by atoms with Crippen LogP contribution in [0.3, 0.4) is 0 Å². The number of aryl methyl sites for hydroxylation is 2. The summed E-state index contributed by atoms with van der Waals surface area (Å²) in [6, 6.07) is 11.8. The molecule has 1 atom stereocenters. The average molecular weight is 302 g/mol. The van der Waals surface area contributed by atoms with Crippen LogP contribution in [0.5, 0.6) is 0 Å². The Morgan fingerprint density at radius 1 is 1.29 bits per heavy atom. The number of carbonyl (C=O) groups is 1. The smallest absolute Gasteiger partial charge is 0.337 e. The van der Waals surface area contributed by atoms with Gasteiger partial charge in [0.05, 0.1) is 16.6 Å². The van der Waals surface area contributed by atoms with Crippen LogP contribution in [0.1, 0.15) is 39.5 Å². The van der Waals surface area contributed by atoms with Gasteiger partial charge in [-0.25, -0.2) is 4.79 Å². The molecule has 3 nitrogen and oxygen atoms in total. The van der Waals surface area contributed by atoms with E-state index in [1.165, 1.54) is 16.7 Å². The van der Waals surface area contributed by atoms with E-state index in [0.29, 0.717) is 0 Å². The number of nitrogens with one attached hydrogen (secondary N) is 1. The second-order valence-electron chi connectivity index (χ2n) is 5.44. The van der Waals surface area contributed by atoms with Crippen LogP contribution in [0.4, 0.5) is 5.69 Å². The number of aromatic carboxylic acids is 1. The SMILES string of the molecule is Cc1ccc2c(c1)C(Nc1ccc(Cl)c(C(=O)O)c1)CC2. The zero-order valence-corrected chi connectivity index (χ0v) is 12.4. The minimum Gasteiger partial charge on any atom is -0.478 e. The maximum atomic E-state index is 11.1. The Hall–Kier alpha value is -2.00. The fourth-order valence-electron chi connectivity index (χ4n) is 2.85. The molecule has 1 aliphatic rings. The lowest BCUT2D eigenvalue weighted by molar-refractivity contribution is 0.0697. The van der Waals surface area contributed by atoms with Crippen molar-refractivity contribution in [3.05, 3.63) is 63.7 Å². The molecule has 108 valence electrons. The highest BCUT2D eigenvalue weighted by molar-refractivity contribution is 6.33. The Bertz CT molecular complexity index is 712. The topological polar surface area (TPSA) is 49.3 Å². The number of carboxylic acid groups (broad SMARTS) is 1. The summed E-state index contributed by atoms with van der Waals surface area (Å²) in [7, 11) is 0. The van der Waals surface area contributed by atoms with Crippen molar-refractivity contribution >= 4 is 23.3 Å². The molecule has 2 aromatic rings. The van der Waals surface area contributed by atoms with Crippen LogP contribution in [0.25, 0.3) is 0 Å². The predicted molar refractivity (Wildman–Crippen MR) is 84.3 cm³/mol. The molecular weight excluding hydrogens is 286 g/mol. The van der Waals surface area contributed by atoms with Gasteiger partial charge in [-0.3, -0.25) is 0 Å². The van der Waals surface area contributed by atoms with E-state index in [4.69, 9.17) is 16.7 Å². The number of hydrogen-bond donors (Lipinski definition) is 2. The summed E-state index contributed by atoms with van der Waals surface area (Å²) in [5.41, 5.74) is 4.83. The van der Waals surface area contributed by atoms with E-state index in [1.54, 1.807) is 12.1 Å². The molecule has 0 aliphatic heterocycles. The summed E-state index contributed by atoms with van der Waals surface area (Å²) >= 11 is 5.90. The van der Waals surface area contributed by atoms with E-state index >= 15 is 0 Å². The molecule has 0 bridgehead atoms. The normalized spacial score (nSPS) is 16.6. The van der Waals surface area contributed by atoms with Gasteiger partial charge in [-0.15, -0.1) is 0 Å². The van der Waals surface area contributed by atoms with E-state index in [1.807, 2.05) is 6.07 Å². The van der Waals surface area contributed by atoms with Crippen LogP contribution in [0.15, 0.2) is 36.4 Å². The van der Waals surface area contributed by atoms with Crippen molar-refractivity contribution in [3.63, 3.8) is 0 Å². The second-order valence-corrected chi connectivity index (χ2v) is 5.84. The first-order valence-corrected chi connectivity index (χ1v) is 7.31. The van der Waals surface area contributed by atoms with Gasteiger partial charge < -0.3 is 10.4 Å². The number of fused-ring (bicyclic) bond motifs is 1. The summed E-state index contributed by atoms with van der Waals surface area (Å²) < 4.78 is 0. The maximum absolute atomic E-state index is 11.1. The highest BCUT2D eigenvalue weighted by Gasteiger charge is 2.22. The van der Waals surface area contributed by atoms with Crippen molar-refractivity contribution in [1.82, 2.24) is 0 Å². The van der Waals surface area contributed by atoms with Gasteiger partial charge in [-0.05, 0) is 49.1 Å². The summed E-state index contributed by atoms with van der Waals surface area (Å²) in [4.78, 5) is 11.1. The third-order valence-corrected chi connectivity index (χ3v) is 4.25. The van der Waals surface area contributed by atoms with Gasteiger partial charge in [-0.2, -0.15) is 0 Å². The molecule has 0 saturated carbocycles. The van der Waals surface area contributed by atoms with Gasteiger partial charge >= 0.3 is 5.97 Å². The fourth-order valence-corrected chi connectivity index (χ4v) is 3.05. The molecule has 3 rings (SSSR count). The first-order valence-electron chi connectivity index (χ1n) is 6.93. The zero-order valence-electron chi connectivity index (χ0n) is 11.7. The first-order chi connectivity index (χ1) is 10.0. The monoisotopic (exact) mass is 301 g/mol. The highest BCUT2D eigenvalue weighted by Crippen LogP contribution is 2.35. The van der Waals surface area contributed by atoms with Crippen molar-refractivity contribution < 1.29 is 9.90 Å². The van der Waals surface area contributed by atoms with Crippen LogP contribution in [-0.4, -0.2) is 11.1 Å². The summed E-state index contributed by atoms with van der Waals surface area (Å²) in [5, 5.41) is 12.8. The van der Waals surface area contributed by atoms with Gasteiger partial charge in [0.1, 0.15) is 0 Å². The molecule has 0 spiro atoms. The molecule has 0 radical (unpaired) electrons. The Kier molecular flexibility index (Phi) is 3.60. The van der Waals surface area contributed by atoms with Gasteiger partial charge in [0.25, 0.3) is 0 Å². The van der Waals surface area contributed by atoms with Crippen LogP contribution >= 0.6 is 11.6 Å². The number of anilines is 1. The highest BCUT2D eigenvalue weighted by atomic mass is 35.5. The van der Waals surface area contributed by atoms with Crippen molar-refractivity contribution in [2.75, 3.05) is 5.32 Å². The number of carboxylic acids is 1. The third kappa shape index (κ3) is 2.74. The molecule has 21 heavy (non-hydrogen) atoms. The fraction of sp³-hybridized carbons (Fsp3) is 0.235. The number of benzene rings is 2. The van der Waals surface area contributed by atoms with E-state index in [0.717, 1.165) is 18.5 Å². The Balaban J connectivity index is 1.88. The van der Waals surface area contributed by atoms with E-state index in [9.17, 15) is 4.79 Å². The molecular formula is C17H16ClNO2. The third-order valence-electron chi connectivity index (χ3n) is 3.92. The van der Waals surface area contributed by atoms with Crippen LogP contribution < -0.4 is 5.32 Å². The number of hydrogen-bond acceptors (Lipinski definition) is 2. The summed E-state index contributed by atoms with van der Waals surface area (Å²) in [5.74, 6) is -1.01. The molecule has 0 aromatic heterocycles. The Morgan fingerprint density at radius 2 is 2.10 bits per heavy atom. The van der Waals surface area contributed by atoms with Gasteiger partial charge in [0, 0.05) is 5.69 Å². The van der Waals surface area contributed by atoms with Crippen molar-refractivity contribution in [1.29, 1.82) is 0 Å². The van der Waals surface area contributed by atoms with Crippen molar-refractivity contribution in [2.24, 2.45) is 0 Å². The van der Waals surface area contributed by atoms with E-state index in [-0.39, 0.29) is 16.6 Å². The van der Waals surface area contributed by atoms with Crippen molar-refractivity contribution in [3.8, 4) is 0 Å². The number of rotatable bonds is 3. The molecule has 2 N–H and O–H groups in total. The minimum atomic E-state index is -1.01. The second kappa shape index (κ2) is 5.41. The zero-order chi connectivity index (χ0) is 15.0. The van der Waals surface area contributed by atoms with E-state index < -0.39 is 5.97 Å². The van der Waals surface area contributed by atoms with E-state index in [2.05, 4.69) is 30.4 Å². The maximum Gasteiger partial charge on any atom is 0.337 e. The lowest BCUT2D eigenvalue weighted by Crippen LogP contribution is -2.08. The van der Waals surface area contributed by atoms with Gasteiger partial charge in [-0.1, -0.05) is 35.4 Å². The first kappa shape index (κ1) is 14.0. The quantitative estimate of drug-likeness (QED) is 0.881. The van der Waals surface area contributed by atoms with Crippen LogP contribution in [0, 0.1) is 6.92 Å². The lowest BCUT2D eigenvalue weighted by atomic mass is 10.0. The molecule has 0 saturated heterocycles. The average Bonchev–Trinajstić information content (AvgIpc) is 2.83. The lowest BCUT2D eigenvalue weighted by Gasteiger charge is -2.16. The summed E-state index contributed by atoms with van der Waals surface area (Å²) in [6.45, 7) is 2.08. The van der Waals surface area contributed by atoms with Crippen LogP contribution in [0.2, 0.25) is 5.02 Å². The molecule has 2 aromatic carbocycles. The minimum absolute atomic E-state index is 0.129. The van der Waals surface area contributed by atoms with Crippen LogP contribution in [-0.2, 0) is 6.42 Å². The van der Waals surface area contributed by atoms with Gasteiger partial charge in [0.2, 0.25) is 0 Å². The standard InChI is InChI=1S/C17H16ClNO2/c1-10-2-3-11-4-7-16(13(11)8-10)19-12-5-6-15(18)14(9-12)17(20)21/h2-3,5-6,8-9,16,19H,4,7H2,1H3,(H,20,21). The Labute approximate surface area is 128 Å². The molecule has 0 heterocycles. The molecule has 1 unspecified atom stereocenters. The Morgan fingerprint density at radius 3 is 2.86 bits per heavy atom. The molecule has 0 amide bonds. The van der Waals surface area contributed by atoms with Crippen molar-refractivity contribution in [2.45, 2.75) is 25.8 Å². The predicted octanol–water partition coefficient (Wildman–Crippen LogP) is 4.45. The largest absolute Gasteiger partial charge is 0.478 e. The molecule has 4 heteroatoms. The number of halogens is 1. The van der Waals surface area contributed by atoms with Gasteiger partial charge in [0.15, 0.2) is 0 Å². The molecule has 0 fully saturated rings. The molecule has 1 aliphatic carbocycles. The summed E-state index contributed by atoms with van der Waals surface area (Å²) in [6.07, 6.45) is 2.07.